The van der Waals surface area contributed by atoms with E-state index in [2.05, 4.69) is 4.98 Å². The molecule has 3 aromatic rings. The molecule has 1 aromatic heterocycles. The first-order valence-corrected chi connectivity index (χ1v) is 10.6. The SMILES string of the molecule is COC(=O)[C@H](CO)N(Cc1ccc(-c2ccncc2)cc1)C(=O)/C=C/c1ccc(C(F)(F)F)cc1. The summed E-state index contributed by atoms with van der Waals surface area (Å²) in [5.74, 6) is -1.41. The van der Waals surface area contributed by atoms with Gasteiger partial charge in [0.1, 0.15) is 0 Å². The molecule has 1 atom stereocenters. The van der Waals surface area contributed by atoms with Gasteiger partial charge in [0.2, 0.25) is 5.91 Å². The van der Waals surface area contributed by atoms with Crippen molar-refractivity contribution in [3.05, 3.63) is 95.8 Å². The molecule has 0 saturated carbocycles. The summed E-state index contributed by atoms with van der Waals surface area (Å²) in [6, 6.07) is 14.1. The van der Waals surface area contributed by atoms with Crippen molar-refractivity contribution >= 4 is 18.0 Å². The molecule has 0 saturated heterocycles. The zero-order chi connectivity index (χ0) is 25.4. The average molecular weight is 484 g/mol. The van der Waals surface area contributed by atoms with Crippen LogP contribution in [0.5, 0.6) is 0 Å². The van der Waals surface area contributed by atoms with Crippen LogP contribution in [0.25, 0.3) is 17.2 Å². The zero-order valence-corrected chi connectivity index (χ0v) is 18.8. The van der Waals surface area contributed by atoms with E-state index in [9.17, 15) is 27.9 Å². The Hall–Kier alpha value is -3.98. The molecule has 3 rings (SSSR count). The van der Waals surface area contributed by atoms with Crippen LogP contribution >= 0.6 is 0 Å². The van der Waals surface area contributed by atoms with E-state index in [-0.39, 0.29) is 6.54 Å². The van der Waals surface area contributed by atoms with Crippen molar-refractivity contribution in [1.29, 1.82) is 0 Å². The summed E-state index contributed by atoms with van der Waals surface area (Å²) in [4.78, 5) is 30.3. The third-order valence-electron chi connectivity index (χ3n) is 5.28. The Morgan fingerprint density at radius 2 is 1.60 bits per heavy atom. The predicted molar refractivity (Wildman–Crippen MR) is 124 cm³/mol. The van der Waals surface area contributed by atoms with Gasteiger partial charge in [0.25, 0.3) is 0 Å². The van der Waals surface area contributed by atoms with Gasteiger partial charge in [0.15, 0.2) is 6.04 Å². The highest BCUT2D eigenvalue weighted by molar-refractivity contribution is 5.94. The van der Waals surface area contributed by atoms with Crippen LogP contribution in [-0.2, 0) is 27.0 Å². The average Bonchev–Trinajstić information content (AvgIpc) is 2.87. The van der Waals surface area contributed by atoms with Crippen molar-refractivity contribution in [3.63, 3.8) is 0 Å². The number of carbonyl (C=O) groups excluding carboxylic acids is 2. The summed E-state index contributed by atoms with van der Waals surface area (Å²) < 4.78 is 43.0. The van der Waals surface area contributed by atoms with Crippen LogP contribution in [0.1, 0.15) is 16.7 Å². The van der Waals surface area contributed by atoms with Crippen LogP contribution in [0, 0.1) is 0 Å². The van der Waals surface area contributed by atoms with Crippen LogP contribution in [0.4, 0.5) is 13.2 Å². The summed E-state index contributed by atoms with van der Waals surface area (Å²) in [5, 5.41) is 9.78. The number of aliphatic hydroxyl groups is 1. The van der Waals surface area contributed by atoms with Gasteiger partial charge in [0, 0.05) is 25.0 Å². The quantitative estimate of drug-likeness (QED) is 0.380. The van der Waals surface area contributed by atoms with Crippen LogP contribution < -0.4 is 0 Å². The predicted octanol–water partition coefficient (Wildman–Crippen LogP) is 4.34. The largest absolute Gasteiger partial charge is 0.467 e. The number of hydrogen-bond acceptors (Lipinski definition) is 5. The fourth-order valence-corrected chi connectivity index (χ4v) is 3.37. The van der Waals surface area contributed by atoms with Gasteiger partial charge in [0.05, 0.1) is 19.3 Å². The third-order valence-corrected chi connectivity index (χ3v) is 5.28. The van der Waals surface area contributed by atoms with Gasteiger partial charge in [-0.25, -0.2) is 4.79 Å². The Morgan fingerprint density at radius 3 is 2.14 bits per heavy atom. The molecule has 0 aliphatic rings. The number of hydrogen-bond donors (Lipinski definition) is 1. The minimum atomic E-state index is -4.46. The minimum absolute atomic E-state index is 0.00681. The number of ether oxygens (including phenoxy) is 1. The molecule has 0 aliphatic heterocycles. The number of carbonyl (C=O) groups is 2. The Morgan fingerprint density at radius 1 is 1.00 bits per heavy atom. The molecule has 0 unspecified atom stereocenters. The second kappa shape index (κ2) is 11.4. The van der Waals surface area contributed by atoms with E-state index in [1.165, 1.54) is 18.2 Å². The lowest BCUT2D eigenvalue weighted by Crippen LogP contribution is -2.46. The smallest absolute Gasteiger partial charge is 0.416 e. The van der Waals surface area contributed by atoms with E-state index in [1.807, 2.05) is 24.3 Å². The molecular formula is C26H23F3N2O4. The van der Waals surface area contributed by atoms with Crippen LogP contribution in [0.2, 0.25) is 0 Å². The van der Waals surface area contributed by atoms with Gasteiger partial charge in [-0.05, 0) is 52.6 Å². The molecule has 35 heavy (non-hydrogen) atoms. The molecule has 9 heteroatoms. The molecule has 0 bridgehead atoms. The number of methoxy groups -OCH3 is 1. The van der Waals surface area contributed by atoms with Crippen LogP contribution in [-0.4, -0.2) is 46.6 Å². The Balaban J connectivity index is 1.82. The lowest BCUT2D eigenvalue weighted by molar-refractivity contribution is -0.153. The van der Waals surface area contributed by atoms with E-state index < -0.39 is 36.3 Å². The monoisotopic (exact) mass is 484 g/mol. The van der Waals surface area contributed by atoms with Crippen LogP contribution in [0.15, 0.2) is 79.1 Å². The highest BCUT2D eigenvalue weighted by atomic mass is 19.4. The van der Waals surface area contributed by atoms with Crippen molar-refractivity contribution in [3.8, 4) is 11.1 Å². The highest BCUT2D eigenvalue weighted by Crippen LogP contribution is 2.29. The fourth-order valence-electron chi connectivity index (χ4n) is 3.37. The van der Waals surface area contributed by atoms with E-state index in [1.54, 1.807) is 24.5 Å². The molecule has 0 fully saturated rings. The summed E-state index contributed by atoms with van der Waals surface area (Å²) >= 11 is 0. The fraction of sp³-hybridized carbons (Fsp3) is 0.192. The molecule has 182 valence electrons. The van der Waals surface area contributed by atoms with E-state index in [0.717, 1.165) is 41.3 Å². The second-order valence-corrected chi connectivity index (χ2v) is 7.57. The molecule has 1 N–H and O–H groups in total. The number of halogens is 3. The Bertz CT molecular complexity index is 1160. The first-order valence-electron chi connectivity index (χ1n) is 10.6. The molecule has 2 aromatic carbocycles. The number of esters is 1. The van der Waals surface area contributed by atoms with Gasteiger partial charge in [-0.1, -0.05) is 36.4 Å². The summed E-state index contributed by atoms with van der Waals surface area (Å²) in [6.07, 6.45) is 1.37. The van der Waals surface area contributed by atoms with Crippen molar-refractivity contribution < 1.29 is 32.6 Å². The van der Waals surface area contributed by atoms with E-state index in [4.69, 9.17) is 4.74 Å². The molecule has 0 spiro atoms. The van der Waals surface area contributed by atoms with Crippen molar-refractivity contribution in [2.24, 2.45) is 0 Å². The molecule has 6 nitrogen and oxygen atoms in total. The third kappa shape index (κ3) is 6.77. The first-order chi connectivity index (χ1) is 16.7. The first kappa shape index (κ1) is 25.6. The second-order valence-electron chi connectivity index (χ2n) is 7.57. The maximum atomic E-state index is 13.0. The van der Waals surface area contributed by atoms with Crippen molar-refractivity contribution in [2.75, 3.05) is 13.7 Å². The Kier molecular flexibility index (Phi) is 8.38. The molecule has 1 heterocycles. The van der Waals surface area contributed by atoms with Gasteiger partial charge in [-0.2, -0.15) is 13.2 Å². The number of amides is 1. The van der Waals surface area contributed by atoms with Crippen molar-refractivity contribution in [1.82, 2.24) is 9.88 Å². The van der Waals surface area contributed by atoms with Gasteiger partial charge in [-0.15, -0.1) is 0 Å². The lowest BCUT2D eigenvalue weighted by Gasteiger charge is -2.28. The normalized spacial score (nSPS) is 12.4. The van der Waals surface area contributed by atoms with E-state index >= 15 is 0 Å². The summed E-state index contributed by atoms with van der Waals surface area (Å²) in [7, 11) is 1.15. The number of alkyl halides is 3. The number of aromatic nitrogens is 1. The van der Waals surface area contributed by atoms with Gasteiger partial charge >= 0.3 is 12.1 Å². The zero-order valence-electron chi connectivity index (χ0n) is 18.8. The lowest BCUT2D eigenvalue weighted by atomic mass is 10.0. The molecule has 1 amide bonds. The number of pyridine rings is 1. The number of nitrogens with zero attached hydrogens (tertiary/aromatic N) is 2. The molecule has 0 radical (unpaired) electrons. The minimum Gasteiger partial charge on any atom is -0.467 e. The highest BCUT2D eigenvalue weighted by Gasteiger charge is 2.30. The maximum Gasteiger partial charge on any atom is 0.416 e. The maximum absolute atomic E-state index is 13.0. The standard InChI is InChI=1S/C26H23F3N2O4/c1-35-25(34)23(17-32)31(16-19-2-7-20(8-3-19)21-12-14-30-15-13-21)24(33)11-6-18-4-9-22(10-5-18)26(27,28)29/h2-15,23,32H,16-17H2,1H3/b11-6+/t23-/m0/s1. The van der Waals surface area contributed by atoms with Gasteiger partial charge < -0.3 is 14.7 Å². The number of benzene rings is 2. The van der Waals surface area contributed by atoms with Crippen molar-refractivity contribution in [2.45, 2.75) is 18.8 Å². The van der Waals surface area contributed by atoms with E-state index in [0.29, 0.717) is 11.1 Å². The summed E-state index contributed by atoms with van der Waals surface area (Å²) in [6.45, 7) is -0.672. The molecular weight excluding hydrogens is 461 g/mol. The van der Waals surface area contributed by atoms with Gasteiger partial charge in [-0.3, -0.25) is 9.78 Å². The molecule has 0 aliphatic carbocycles. The van der Waals surface area contributed by atoms with Crippen LogP contribution in [0.3, 0.4) is 0 Å². The topological polar surface area (TPSA) is 79.7 Å². The Labute approximate surface area is 200 Å². The number of rotatable bonds is 8. The number of aliphatic hydroxyl groups excluding tert-OH is 1. The summed E-state index contributed by atoms with van der Waals surface area (Å²) in [5.41, 5.74) is 2.15.